The minimum atomic E-state index is -3.86. The van der Waals surface area contributed by atoms with Crippen molar-refractivity contribution in [1.29, 1.82) is 0 Å². The molecule has 0 N–H and O–H groups in total. The number of halogens is 1. The fourth-order valence-corrected chi connectivity index (χ4v) is 3.86. The van der Waals surface area contributed by atoms with Gasteiger partial charge in [0, 0.05) is 31.8 Å². The molecule has 1 saturated heterocycles. The summed E-state index contributed by atoms with van der Waals surface area (Å²) in [5, 5.41) is 10.7. The van der Waals surface area contributed by atoms with Crippen molar-refractivity contribution in [2.75, 3.05) is 26.3 Å². The molecule has 0 amide bonds. The normalized spacial score (nSPS) is 17.6. The molecule has 1 aliphatic heterocycles. The van der Waals surface area contributed by atoms with Crippen molar-refractivity contribution in [3.8, 4) is 0 Å². The van der Waals surface area contributed by atoms with E-state index in [9.17, 15) is 18.5 Å². The molecule has 0 unspecified atom stereocenters. The van der Waals surface area contributed by atoms with Crippen molar-refractivity contribution in [2.24, 2.45) is 0 Å². The maximum Gasteiger partial charge on any atom is 0.270 e. The van der Waals surface area contributed by atoms with Crippen LogP contribution < -0.4 is 0 Å². The van der Waals surface area contributed by atoms with Crippen LogP contribution >= 0.6 is 11.6 Å². The molecule has 1 heterocycles. The number of benzene rings is 1. The van der Waals surface area contributed by atoms with E-state index in [1.54, 1.807) is 0 Å². The summed E-state index contributed by atoms with van der Waals surface area (Å²) in [6.07, 6.45) is 0.575. The smallest absolute Gasteiger partial charge is 0.270 e. The highest BCUT2D eigenvalue weighted by Gasteiger charge is 2.29. The number of rotatable bonds is 3. The molecule has 0 bridgehead atoms. The van der Waals surface area contributed by atoms with Gasteiger partial charge in [-0.2, -0.15) is 4.31 Å². The highest BCUT2D eigenvalue weighted by atomic mass is 35.5. The third-order valence-corrected chi connectivity index (χ3v) is 5.30. The molecule has 9 heteroatoms. The zero-order valence-electron chi connectivity index (χ0n) is 10.5. The fraction of sp³-hybridized carbons (Fsp3) is 0.455. The van der Waals surface area contributed by atoms with E-state index in [2.05, 4.69) is 0 Å². The van der Waals surface area contributed by atoms with E-state index < -0.39 is 14.9 Å². The summed E-state index contributed by atoms with van der Waals surface area (Å²) in [5.74, 6) is 0. The zero-order chi connectivity index (χ0) is 14.8. The highest BCUT2D eigenvalue weighted by molar-refractivity contribution is 7.89. The molecule has 1 fully saturated rings. The van der Waals surface area contributed by atoms with Crippen LogP contribution in [-0.4, -0.2) is 43.9 Å². The SMILES string of the molecule is O=[N+]([O-])c1ccc(Cl)c(S(=O)(=O)N2CCCOCC2)c1. The number of nitro benzene ring substituents is 1. The molecule has 0 saturated carbocycles. The summed E-state index contributed by atoms with van der Waals surface area (Å²) in [4.78, 5) is 9.86. The van der Waals surface area contributed by atoms with Gasteiger partial charge < -0.3 is 4.74 Å². The monoisotopic (exact) mass is 320 g/mol. The molecule has 1 aromatic rings. The fourth-order valence-electron chi connectivity index (χ4n) is 1.91. The first-order chi connectivity index (χ1) is 9.43. The number of nitrogens with zero attached hydrogens (tertiary/aromatic N) is 2. The topological polar surface area (TPSA) is 89.8 Å². The minimum absolute atomic E-state index is 0.0271. The molecular formula is C11H13ClN2O5S. The molecule has 7 nitrogen and oxygen atoms in total. The second-order valence-electron chi connectivity index (χ2n) is 4.24. The molecule has 2 rings (SSSR count). The van der Waals surface area contributed by atoms with Crippen molar-refractivity contribution >= 4 is 27.3 Å². The Morgan fingerprint density at radius 1 is 1.30 bits per heavy atom. The number of sulfonamides is 1. The first-order valence-corrected chi connectivity index (χ1v) is 7.76. The van der Waals surface area contributed by atoms with Gasteiger partial charge in [0.15, 0.2) is 0 Å². The summed E-state index contributed by atoms with van der Waals surface area (Å²) in [5.41, 5.74) is -0.306. The lowest BCUT2D eigenvalue weighted by Gasteiger charge is -2.19. The third kappa shape index (κ3) is 3.09. The van der Waals surface area contributed by atoms with Gasteiger partial charge in [0.05, 0.1) is 16.6 Å². The Morgan fingerprint density at radius 3 is 2.75 bits per heavy atom. The van der Waals surface area contributed by atoms with Gasteiger partial charge in [-0.05, 0) is 12.5 Å². The summed E-state index contributed by atoms with van der Waals surface area (Å²) in [7, 11) is -3.86. The molecule has 110 valence electrons. The molecule has 0 radical (unpaired) electrons. The number of nitro groups is 1. The summed E-state index contributed by atoms with van der Waals surface area (Å²) >= 11 is 5.89. The molecule has 1 aromatic carbocycles. The van der Waals surface area contributed by atoms with Crippen molar-refractivity contribution in [2.45, 2.75) is 11.3 Å². The van der Waals surface area contributed by atoms with Gasteiger partial charge >= 0.3 is 0 Å². The van der Waals surface area contributed by atoms with Crippen LogP contribution in [0.15, 0.2) is 23.1 Å². The second kappa shape index (κ2) is 6.04. The number of hydrogen-bond donors (Lipinski definition) is 0. The minimum Gasteiger partial charge on any atom is -0.380 e. The first-order valence-electron chi connectivity index (χ1n) is 5.95. The largest absolute Gasteiger partial charge is 0.380 e. The van der Waals surface area contributed by atoms with Crippen LogP contribution in [-0.2, 0) is 14.8 Å². The predicted octanol–water partition coefficient (Wildman–Crippen LogP) is 1.66. The van der Waals surface area contributed by atoms with Crippen molar-refractivity contribution < 1.29 is 18.1 Å². The van der Waals surface area contributed by atoms with E-state index in [4.69, 9.17) is 16.3 Å². The molecule has 0 atom stereocenters. The molecule has 0 aliphatic carbocycles. The van der Waals surface area contributed by atoms with Crippen molar-refractivity contribution in [3.05, 3.63) is 33.3 Å². The standard InChI is InChI=1S/C11H13ClN2O5S/c12-10-3-2-9(14(15)16)8-11(10)20(17,18)13-4-1-6-19-7-5-13/h2-3,8H,1,4-7H2. The van der Waals surface area contributed by atoms with Crippen LogP contribution in [0.2, 0.25) is 5.02 Å². The Balaban J connectivity index is 2.42. The van der Waals surface area contributed by atoms with Crippen LogP contribution in [0.25, 0.3) is 0 Å². The molecule has 1 aliphatic rings. The Hall–Kier alpha value is -1.22. The van der Waals surface area contributed by atoms with Gasteiger partial charge in [0.2, 0.25) is 10.0 Å². The van der Waals surface area contributed by atoms with Crippen LogP contribution in [0.5, 0.6) is 0 Å². The third-order valence-electron chi connectivity index (χ3n) is 2.92. The highest BCUT2D eigenvalue weighted by Crippen LogP contribution is 2.29. The van der Waals surface area contributed by atoms with Gasteiger partial charge in [0.1, 0.15) is 4.90 Å². The first kappa shape index (κ1) is 15.2. The number of ether oxygens (including phenoxy) is 1. The molecule has 20 heavy (non-hydrogen) atoms. The summed E-state index contributed by atoms with van der Waals surface area (Å²) in [6, 6.07) is 3.39. The van der Waals surface area contributed by atoms with E-state index in [0.29, 0.717) is 26.2 Å². The van der Waals surface area contributed by atoms with E-state index in [1.165, 1.54) is 16.4 Å². The quantitative estimate of drug-likeness (QED) is 0.624. The Labute approximate surface area is 121 Å². The average Bonchev–Trinajstić information content (AvgIpc) is 2.68. The van der Waals surface area contributed by atoms with Gasteiger partial charge in [-0.25, -0.2) is 8.42 Å². The lowest BCUT2D eigenvalue weighted by atomic mass is 10.3. The van der Waals surface area contributed by atoms with E-state index >= 15 is 0 Å². The van der Waals surface area contributed by atoms with E-state index in [-0.39, 0.29) is 22.2 Å². The summed E-state index contributed by atoms with van der Waals surface area (Å²) in [6.45, 7) is 1.31. The van der Waals surface area contributed by atoms with Gasteiger partial charge in [-0.1, -0.05) is 11.6 Å². The maximum absolute atomic E-state index is 12.5. The van der Waals surface area contributed by atoms with Crippen LogP contribution in [0.4, 0.5) is 5.69 Å². The Kier molecular flexibility index (Phi) is 4.59. The number of hydrogen-bond acceptors (Lipinski definition) is 5. The Morgan fingerprint density at radius 2 is 2.05 bits per heavy atom. The molecular weight excluding hydrogens is 308 g/mol. The van der Waals surface area contributed by atoms with E-state index in [0.717, 1.165) is 6.07 Å². The Bertz CT molecular complexity index is 611. The average molecular weight is 321 g/mol. The van der Waals surface area contributed by atoms with Gasteiger partial charge in [0.25, 0.3) is 5.69 Å². The summed E-state index contributed by atoms with van der Waals surface area (Å²) < 4.78 is 31.4. The van der Waals surface area contributed by atoms with E-state index in [1.807, 2.05) is 0 Å². The lowest BCUT2D eigenvalue weighted by Crippen LogP contribution is -2.33. The van der Waals surface area contributed by atoms with Crippen molar-refractivity contribution in [1.82, 2.24) is 4.31 Å². The number of non-ortho nitro benzene ring substituents is 1. The molecule has 0 spiro atoms. The lowest BCUT2D eigenvalue weighted by molar-refractivity contribution is -0.385. The van der Waals surface area contributed by atoms with Gasteiger partial charge in [-0.15, -0.1) is 0 Å². The second-order valence-corrected chi connectivity index (χ2v) is 6.56. The molecule has 0 aromatic heterocycles. The van der Waals surface area contributed by atoms with Crippen molar-refractivity contribution in [3.63, 3.8) is 0 Å². The maximum atomic E-state index is 12.5. The van der Waals surface area contributed by atoms with Gasteiger partial charge in [-0.3, -0.25) is 10.1 Å². The van der Waals surface area contributed by atoms with Crippen LogP contribution in [0, 0.1) is 10.1 Å². The van der Waals surface area contributed by atoms with Crippen LogP contribution in [0.1, 0.15) is 6.42 Å². The zero-order valence-corrected chi connectivity index (χ0v) is 12.1. The predicted molar refractivity (Wildman–Crippen MR) is 72.3 cm³/mol. The van der Waals surface area contributed by atoms with Crippen LogP contribution in [0.3, 0.4) is 0 Å².